The minimum atomic E-state index is -1.18. The van der Waals surface area contributed by atoms with E-state index in [1.165, 1.54) is 6.07 Å². The Bertz CT molecular complexity index is 357. The molecule has 0 saturated heterocycles. The molecule has 1 rings (SSSR count). The average Bonchev–Trinajstić information content (AvgIpc) is 2.21. The second kappa shape index (κ2) is 5.07. The molecule has 0 aliphatic rings. The van der Waals surface area contributed by atoms with Crippen molar-refractivity contribution in [1.29, 1.82) is 0 Å². The molecule has 0 aromatic heterocycles. The van der Waals surface area contributed by atoms with Crippen LogP contribution in [0.1, 0.15) is 17.2 Å². The van der Waals surface area contributed by atoms with Crippen LogP contribution in [-0.4, -0.2) is 27.2 Å². The fourth-order valence-electron chi connectivity index (χ4n) is 1.29. The molecule has 2 atom stereocenters. The van der Waals surface area contributed by atoms with Gasteiger partial charge in [-0.25, -0.2) is 0 Å². The van der Waals surface area contributed by atoms with E-state index >= 15 is 0 Å². The highest BCUT2D eigenvalue weighted by Gasteiger charge is 2.21. The van der Waals surface area contributed by atoms with Crippen LogP contribution in [0.5, 0.6) is 5.75 Å². The van der Waals surface area contributed by atoms with Gasteiger partial charge < -0.3 is 15.3 Å². The number of benzene rings is 1. The summed E-state index contributed by atoms with van der Waals surface area (Å²) in [7, 11) is 0. The van der Waals surface area contributed by atoms with Crippen molar-refractivity contribution in [1.82, 2.24) is 0 Å². The molecule has 15 heavy (non-hydrogen) atoms. The van der Waals surface area contributed by atoms with E-state index in [1.54, 1.807) is 13.0 Å². The molecule has 0 bridgehead atoms. The van der Waals surface area contributed by atoms with E-state index in [-0.39, 0.29) is 17.1 Å². The number of rotatable bonds is 3. The fourth-order valence-corrected chi connectivity index (χ4v) is 1.77. The molecule has 0 aliphatic heterocycles. The highest BCUT2D eigenvalue weighted by Crippen LogP contribution is 2.32. The van der Waals surface area contributed by atoms with Crippen molar-refractivity contribution in [3.63, 3.8) is 0 Å². The van der Waals surface area contributed by atoms with Crippen LogP contribution in [-0.2, 0) is 0 Å². The van der Waals surface area contributed by atoms with E-state index in [1.807, 2.05) is 0 Å². The van der Waals surface area contributed by atoms with Gasteiger partial charge >= 0.3 is 0 Å². The van der Waals surface area contributed by atoms with Crippen LogP contribution in [0.2, 0.25) is 5.02 Å². The lowest BCUT2D eigenvalue weighted by Gasteiger charge is -2.18. The average molecular weight is 249 g/mol. The Balaban J connectivity index is 3.13. The summed E-state index contributed by atoms with van der Waals surface area (Å²) < 4.78 is 0. The summed E-state index contributed by atoms with van der Waals surface area (Å²) in [6, 6.07) is 3.02. The molecule has 3 N–H and O–H groups in total. The van der Waals surface area contributed by atoms with Gasteiger partial charge in [0.1, 0.15) is 11.9 Å². The molecule has 84 valence electrons. The van der Waals surface area contributed by atoms with Crippen molar-refractivity contribution in [2.75, 3.05) is 5.75 Å². The topological polar surface area (TPSA) is 60.7 Å². The molecule has 3 nitrogen and oxygen atoms in total. The summed E-state index contributed by atoms with van der Waals surface area (Å²) >= 11 is 9.66. The zero-order valence-electron chi connectivity index (χ0n) is 8.18. The van der Waals surface area contributed by atoms with Gasteiger partial charge in [0.2, 0.25) is 0 Å². The van der Waals surface area contributed by atoms with Crippen molar-refractivity contribution < 1.29 is 15.3 Å². The first kappa shape index (κ1) is 12.6. The van der Waals surface area contributed by atoms with Crippen LogP contribution in [0.25, 0.3) is 0 Å². The maximum Gasteiger partial charge on any atom is 0.124 e. The quantitative estimate of drug-likeness (QED) is 0.616. The van der Waals surface area contributed by atoms with Crippen molar-refractivity contribution in [3.8, 4) is 5.75 Å². The summed E-state index contributed by atoms with van der Waals surface area (Å²) in [6.45, 7) is 1.67. The normalized spacial score (nSPS) is 15.0. The number of aliphatic hydroxyl groups is 2. The van der Waals surface area contributed by atoms with Crippen molar-refractivity contribution >= 4 is 24.2 Å². The monoisotopic (exact) mass is 248 g/mol. The third kappa shape index (κ3) is 2.78. The minimum absolute atomic E-state index is 0.0484. The van der Waals surface area contributed by atoms with Crippen molar-refractivity contribution in [2.24, 2.45) is 0 Å². The maximum absolute atomic E-state index is 9.70. The first-order valence-corrected chi connectivity index (χ1v) is 5.44. The maximum atomic E-state index is 9.70. The van der Waals surface area contributed by atoms with Crippen LogP contribution in [0, 0.1) is 6.92 Å². The lowest BCUT2D eigenvalue weighted by molar-refractivity contribution is 0.0322. The van der Waals surface area contributed by atoms with E-state index in [0.29, 0.717) is 10.6 Å². The molecule has 1 aromatic rings. The Kier molecular flexibility index (Phi) is 4.28. The highest BCUT2D eigenvalue weighted by atomic mass is 35.5. The molecule has 0 aliphatic carbocycles. The number of hydrogen-bond donors (Lipinski definition) is 4. The second-order valence-electron chi connectivity index (χ2n) is 3.36. The zero-order chi connectivity index (χ0) is 11.6. The predicted molar refractivity (Wildman–Crippen MR) is 62.7 cm³/mol. The molecule has 1 aromatic carbocycles. The van der Waals surface area contributed by atoms with E-state index in [9.17, 15) is 15.3 Å². The Morgan fingerprint density at radius 3 is 2.53 bits per heavy atom. The smallest absolute Gasteiger partial charge is 0.124 e. The van der Waals surface area contributed by atoms with Gasteiger partial charge in [-0.05, 0) is 24.6 Å². The Morgan fingerprint density at radius 2 is 2.00 bits per heavy atom. The van der Waals surface area contributed by atoms with Gasteiger partial charge in [0.15, 0.2) is 0 Å². The summed E-state index contributed by atoms with van der Waals surface area (Å²) in [4.78, 5) is 0. The predicted octanol–water partition coefficient (Wildman–Crippen LogP) is 1.68. The summed E-state index contributed by atoms with van der Waals surface area (Å²) in [5.74, 6) is 0.0549. The third-order valence-electron chi connectivity index (χ3n) is 2.16. The Hall–Kier alpha value is -0.420. The number of aliphatic hydroxyl groups excluding tert-OH is 2. The zero-order valence-corrected chi connectivity index (χ0v) is 9.83. The number of phenols is 1. The van der Waals surface area contributed by atoms with Gasteiger partial charge in [0.25, 0.3) is 0 Å². The van der Waals surface area contributed by atoms with Crippen LogP contribution < -0.4 is 0 Å². The second-order valence-corrected chi connectivity index (χ2v) is 4.16. The van der Waals surface area contributed by atoms with E-state index < -0.39 is 12.2 Å². The lowest BCUT2D eigenvalue weighted by atomic mass is 10.0. The standard InChI is InChI=1S/C10H13ClO3S/c1-5-2-6(11)3-7(9(5)13)10(14)8(12)4-15/h2-3,8,10,12-15H,4H2,1H3. The molecule has 5 heteroatoms. The van der Waals surface area contributed by atoms with Crippen molar-refractivity contribution in [3.05, 3.63) is 28.3 Å². The molecular formula is C10H13ClO3S. The SMILES string of the molecule is Cc1cc(Cl)cc(C(O)C(O)CS)c1O. The first-order chi connectivity index (χ1) is 6.97. The van der Waals surface area contributed by atoms with E-state index in [0.717, 1.165) is 0 Å². The first-order valence-electron chi connectivity index (χ1n) is 4.43. The molecule has 2 unspecified atom stereocenters. The highest BCUT2D eigenvalue weighted by molar-refractivity contribution is 7.80. The van der Waals surface area contributed by atoms with Crippen LogP contribution in [0.3, 0.4) is 0 Å². The van der Waals surface area contributed by atoms with Crippen LogP contribution in [0.15, 0.2) is 12.1 Å². The fraction of sp³-hybridized carbons (Fsp3) is 0.400. The minimum Gasteiger partial charge on any atom is -0.507 e. The molecule has 0 heterocycles. The van der Waals surface area contributed by atoms with Gasteiger partial charge in [-0.2, -0.15) is 12.6 Å². The number of aromatic hydroxyl groups is 1. The van der Waals surface area contributed by atoms with Crippen molar-refractivity contribution in [2.45, 2.75) is 19.1 Å². The number of halogens is 1. The summed E-state index contributed by atoms with van der Waals surface area (Å²) in [5.41, 5.74) is 0.782. The number of hydrogen-bond acceptors (Lipinski definition) is 4. The van der Waals surface area contributed by atoms with Gasteiger partial charge in [0.05, 0.1) is 6.10 Å². The van der Waals surface area contributed by atoms with E-state index in [2.05, 4.69) is 12.6 Å². The molecule has 0 amide bonds. The molecule has 0 radical (unpaired) electrons. The Morgan fingerprint density at radius 1 is 1.40 bits per heavy atom. The molecule has 0 spiro atoms. The summed E-state index contributed by atoms with van der Waals surface area (Å²) in [6.07, 6.45) is -2.21. The molecular weight excluding hydrogens is 236 g/mol. The van der Waals surface area contributed by atoms with Crippen LogP contribution in [0.4, 0.5) is 0 Å². The molecule has 0 saturated carbocycles. The molecule has 0 fully saturated rings. The largest absolute Gasteiger partial charge is 0.507 e. The van der Waals surface area contributed by atoms with Gasteiger partial charge in [0, 0.05) is 16.3 Å². The number of thiol groups is 1. The lowest BCUT2D eigenvalue weighted by Crippen LogP contribution is -2.20. The summed E-state index contributed by atoms with van der Waals surface area (Å²) in [5, 5.41) is 29.2. The van der Waals surface area contributed by atoms with Crippen LogP contribution >= 0.6 is 24.2 Å². The van der Waals surface area contributed by atoms with Gasteiger partial charge in [-0.3, -0.25) is 0 Å². The number of phenolic OH excluding ortho intramolecular Hbond substituents is 1. The van der Waals surface area contributed by atoms with Gasteiger partial charge in [-0.1, -0.05) is 11.6 Å². The van der Waals surface area contributed by atoms with E-state index in [4.69, 9.17) is 11.6 Å². The Labute approximate surface area is 98.7 Å². The third-order valence-corrected chi connectivity index (χ3v) is 2.76. The number of aryl methyl sites for hydroxylation is 1. The van der Waals surface area contributed by atoms with Gasteiger partial charge in [-0.15, -0.1) is 0 Å².